The molecule has 3 rings (SSSR count). The van der Waals surface area contributed by atoms with Crippen LogP contribution in [0.25, 0.3) is 11.8 Å². The van der Waals surface area contributed by atoms with Crippen molar-refractivity contribution in [1.29, 1.82) is 0 Å². The Morgan fingerprint density at radius 2 is 1.69 bits per heavy atom. The molecule has 0 unspecified atom stereocenters. The van der Waals surface area contributed by atoms with E-state index in [1.807, 2.05) is 56.3 Å². The fourth-order valence-electron chi connectivity index (χ4n) is 3.33. The Morgan fingerprint density at radius 1 is 1.00 bits per heavy atom. The number of likely N-dealkylation sites (N-methyl/N-ethyl adjacent to an activating group) is 1. The Kier molecular flexibility index (Phi) is 6.29. The van der Waals surface area contributed by atoms with Crippen LogP contribution >= 0.6 is 0 Å². The van der Waals surface area contributed by atoms with Crippen molar-refractivity contribution in [2.45, 2.75) is 20.3 Å². The van der Waals surface area contributed by atoms with Crippen LogP contribution in [-0.2, 0) is 16.0 Å². The van der Waals surface area contributed by atoms with E-state index in [9.17, 15) is 9.59 Å². The van der Waals surface area contributed by atoms with E-state index in [0.717, 1.165) is 28.2 Å². The summed E-state index contributed by atoms with van der Waals surface area (Å²) in [4.78, 5) is 24.1. The highest BCUT2D eigenvalue weighted by Crippen LogP contribution is 2.22. The highest BCUT2D eigenvalue weighted by atomic mass is 16.2. The summed E-state index contributed by atoms with van der Waals surface area (Å²) in [5.41, 5.74) is 5.66. The Labute approximate surface area is 171 Å². The van der Waals surface area contributed by atoms with Crippen LogP contribution in [0.2, 0.25) is 0 Å². The van der Waals surface area contributed by atoms with Crippen LogP contribution in [0, 0.1) is 13.8 Å². The molecule has 0 atom stereocenters. The summed E-state index contributed by atoms with van der Waals surface area (Å²) in [5.74, 6) is -0.338. The van der Waals surface area contributed by atoms with Crippen molar-refractivity contribution >= 4 is 23.6 Å². The molecule has 148 valence electrons. The minimum absolute atomic E-state index is 0.101. The molecule has 0 aliphatic rings. The third kappa shape index (κ3) is 4.82. The lowest BCUT2D eigenvalue weighted by Gasteiger charge is -2.09. The van der Waals surface area contributed by atoms with E-state index in [1.54, 1.807) is 13.1 Å². The summed E-state index contributed by atoms with van der Waals surface area (Å²) >= 11 is 0. The molecule has 5 heteroatoms. The maximum absolute atomic E-state index is 12.5. The molecule has 0 spiro atoms. The first-order valence-corrected chi connectivity index (χ1v) is 9.51. The number of benzene rings is 2. The van der Waals surface area contributed by atoms with Gasteiger partial charge in [-0.05, 0) is 55.3 Å². The highest BCUT2D eigenvalue weighted by Gasteiger charge is 2.10. The first kappa shape index (κ1) is 20.1. The molecule has 2 aromatic carbocycles. The van der Waals surface area contributed by atoms with E-state index in [4.69, 9.17) is 0 Å². The molecule has 29 heavy (non-hydrogen) atoms. The molecule has 3 aromatic rings. The van der Waals surface area contributed by atoms with Crippen LogP contribution < -0.4 is 10.6 Å². The van der Waals surface area contributed by atoms with E-state index in [2.05, 4.69) is 33.4 Å². The van der Waals surface area contributed by atoms with Crippen molar-refractivity contribution in [1.82, 2.24) is 9.88 Å². The standard InChI is InChI=1S/C24H25N3O2/c1-17-15-19(18(2)27(17)21-10-5-4-6-11-21)13-14-23(28)26-22-12-8-7-9-20(22)16-24(29)25-3/h4-15H,16H2,1-3H3,(H,25,29)(H,26,28). The summed E-state index contributed by atoms with van der Waals surface area (Å²) in [6.45, 7) is 4.09. The number of nitrogens with one attached hydrogen (secondary N) is 2. The Morgan fingerprint density at radius 3 is 2.41 bits per heavy atom. The van der Waals surface area contributed by atoms with Gasteiger partial charge in [0.1, 0.15) is 0 Å². The molecule has 0 bridgehead atoms. The van der Waals surface area contributed by atoms with E-state index >= 15 is 0 Å². The average Bonchev–Trinajstić information content (AvgIpc) is 3.01. The molecular weight excluding hydrogens is 362 g/mol. The lowest BCUT2D eigenvalue weighted by Crippen LogP contribution is -2.21. The maximum Gasteiger partial charge on any atom is 0.248 e. The van der Waals surface area contributed by atoms with Crippen molar-refractivity contribution in [3.8, 4) is 5.69 Å². The number of aryl methyl sites for hydroxylation is 1. The molecule has 0 saturated carbocycles. The van der Waals surface area contributed by atoms with Crippen LogP contribution in [0.4, 0.5) is 5.69 Å². The fourth-order valence-corrected chi connectivity index (χ4v) is 3.33. The zero-order valence-corrected chi connectivity index (χ0v) is 16.9. The molecule has 0 aliphatic carbocycles. The molecule has 0 saturated heterocycles. The van der Waals surface area contributed by atoms with Crippen molar-refractivity contribution in [2.24, 2.45) is 0 Å². The summed E-state index contributed by atoms with van der Waals surface area (Å²) in [6.07, 6.45) is 3.56. The van der Waals surface area contributed by atoms with Gasteiger partial charge in [-0.25, -0.2) is 0 Å². The molecule has 1 heterocycles. The first-order valence-electron chi connectivity index (χ1n) is 9.51. The Hall–Kier alpha value is -3.60. The molecular formula is C24H25N3O2. The van der Waals surface area contributed by atoms with Crippen LogP contribution in [-0.4, -0.2) is 23.4 Å². The van der Waals surface area contributed by atoms with Gasteiger partial charge in [0.2, 0.25) is 11.8 Å². The normalized spacial score (nSPS) is 10.9. The second-order valence-corrected chi connectivity index (χ2v) is 6.83. The zero-order valence-electron chi connectivity index (χ0n) is 16.9. The van der Waals surface area contributed by atoms with Gasteiger partial charge in [-0.15, -0.1) is 0 Å². The number of amides is 2. The maximum atomic E-state index is 12.5. The van der Waals surface area contributed by atoms with Gasteiger partial charge in [-0.1, -0.05) is 36.4 Å². The van der Waals surface area contributed by atoms with Crippen LogP contribution in [0.1, 0.15) is 22.5 Å². The van der Waals surface area contributed by atoms with Gasteiger partial charge in [0.05, 0.1) is 6.42 Å². The summed E-state index contributed by atoms with van der Waals surface area (Å²) in [6, 6.07) is 19.5. The topological polar surface area (TPSA) is 63.1 Å². The predicted octanol–water partition coefficient (Wildman–Crippen LogP) is 4.03. The van der Waals surface area contributed by atoms with Gasteiger partial charge in [0.25, 0.3) is 0 Å². The van der Waals surface area contributed by atoms with Crippen molar-refractivity contribution in [2.75, 3.05) is 12.4 Å². The molecule has 0 radical (unpaired) electrons. The minimum Gasteiger partial charge on any atom is -0.359 e. The van der Waals surface area contributed by atoms with Crippen molar-refractivity contribution in [3.63, 3.8) is 0 Å². The molecule has 0 fully saturated rings. The van der Waals surface area contributed by atoms with Crippen LogP contribution in [0.3, 0.4) is 0 Å². The second kappa shape index (κ2) is 9.06. The lowest BCUT2D eigenvalue weighted by atomic mass is 10.1. The van der Waals surface area contributed by atoms with Crippen LogP contribution in [0.5, 0.6) is 0 Å². The van der Waals surface area contributed by atoms with Gasteiger partial charge in [0.15, 0.2) is 0 Å². The van der Waals surface area contributed by atoms with Crippen molar-refractivity contribution < 1.29 is 9.59 Å². The number of carbonyl (C=O) groups excluding carboxylic acids is 2. The number of nitrogens with zero attached hydrogens (tertiary/aromatic N) is 1. The van der Waals surface area contributed by atoms with Gasteiger partial charge in [-0.3, -0.25) is 9.59 Å². The number of para-hydroxylation sites is 2. The monoisotopic (exact) mass is 387 g/mol. The number of hydrogen-bond acceptors (Lipinski definition) is 2. The van der Waals surface area contributed by atoms with Gasteiger partial charge in [-0.2, -0.15) is 0 Å². The van der Waals surface area contributed by atoms with E-state index < -0.39 is 0 Å². The lowest BCUT2D eigenvalue weighted by molar-refractivity contribution is -0.120. The Bertz CT molecular complexity index is 1050. The number of carbonyl (C=O) groups is 2. The van der Waals surface area contributed by atoms with Gasteiger partial charge in [0, 0.05) is 35.9 Å². The van der Waals surface area contributed by atoms with E-state index in [1.165, 1.54) is 6.08 Å². The van der Waals surface area contributed by atoms with E-state index in [-0.39, 0.29) is 18.2 Å². The summed E-state index contributed by atoms with van der Waals surface area (Å²) in [5, 5.41) is 5.47. The third-order valence-electron chi connectivity index (χ3n) is 4.80. The molecule has 5 nitrogen and oxygen atoms in total. The van der Waals surface area contributed by atoms with Gasteiger partial charge < -0.3 is 15.2 Å². The predicted molar refractivity (Wildman–Crippen MR) is 117 cm³/mol. The van der Waals surface area contributed by atoms with Gasteiger partial charge >= 0.3 is 0 Å². The fraction of sp³-hybridized carbons (Fsp3) is 0.167. The molecule has 1 aromatic heterocycles. The average molecular weight is 387 g/mol. The molecule has 2 amide bonds. The second-order valence-electron chi connectivity index (χ2n) is 6.83. The smallest absolute Gasteiger partial charge is 0.248 e. The largest absolute Gasteiger partial charge is 0.359 e. The number of hydrogen-bond donors (Lipinski definition) is 2. The Balaban J connectivity index is 1.77. The molecule has 2 N–H and O–H groups in total. The van der Waals surface area contributed by atoms with Crippen molar-refractivity contribution in [3.05, 3.63) is 89.3 Å². The SMILES string of the molecule is CNC(=O)Cc1ccccc1NC(=O)C=Cc1cc(C)n(-c2ccccc2)c1C. The quantitative estimate of drug-likeness (QED) is 0.627. The molecule has 0 aliphatic heterocycles. The van der Waals surface area contributed by atoms with Crippen LogP contribution in [0.15, 0.2) is 66.7 Å². The highest BCUT2D eigenvalue weighted by molar-refractivity contribution is 6.02. The number of anilines is 1. The number of rotatable bonds is 6. The van der Waals surface area contributed by atoms with E-state index in [0.29, 0.717) is 5.69 Å². The zero-order chi connectivity index (χ0) is 20.8. The number of aromatic nitrogens is 1. The summed E-state index contributed by atoms with van der Waals surface area (Å²) in [7, 11) is 1.60. The summed E-state index contributed by atoms with van der Waals surface area (Å²) < 4.78 is 2.16. The minimum atomic E-state index is -0.237. The first-order chi connectivity index (χ1) is 14.0. The third-order valence-corrected chi connectivity index (χ3v) is 4.80.